The van der Waals surface area contributed by atoms with E-state index in [1.54, 1.807) is 6.92 Å². The van der Waals surface area contributed by atoms with Crippen LogP contribution in [0.15, 0.2) is 9.31 Å². The van der Waals surface area contributed by atoms with E-state index in [1.165, 1.54) is 0 Å². The third-order valence-electron chi connectivity index (χ3n) is 1.01. The molecular formula is C5H6O3S. The zero-order valence-electron chi connectivity index (χ0n) is 4.75. The summed E-state index contributed by atoms with van der Waals surface area (Å²) in [5.41, 5.74) is 0. The Labute approximate surface area is 57.3 Å². The smallest absolute Gasteiger partial charge is 0.327 e. The van der Waals surface area contributed by atoms with Gasteiger partial charge in [0.1, 0.15) is 5.76 Å². The summed E-state index contributed by atoms with van der Waals surface area (Å²) < 4.78 is 4.57. The Hall–Kier alpha value is -0.770. The molecule has 0 unspecified atom stereocenters. The predicted octanol–water partition coefficient (Wildman–Crippen LogP) is 1.29. The molecule has 1 heterocycles. The van der Waals surface area contributed by atoms with E-state index in [1.807, 2.05) is 0 Å². The third kappa shape index (κ3) is 0.853. The zero-order chi connectivity index (χ0) is 7.02. The first-order valence-corrected chi connectivity index (χ1v) is 2.78. The Morgan fingerprint density at radius 2 is 2.00 bits per heavy atom. The van der Waals surface area contributed by atoms with Crippen LogP contribution < -0.4 is 0 Å². The molecule has 1 rings (SSSR count). The van der Waals surface area contributed by atoms with Crippen molar-refractivity contribution in [3.63, 3.8) is 0 Å². The fourth-order valence-corrected chi connectivity index (χ4v) is 0.651. The molecule has 9 heavy (non-hydrogen) atoms. The highest BCUT2D eigenvalue weighted by Crippen LogP contribution is 2.36. The third-order valence-corrected chi connectivity index (χ3v) is 1.54. The van der Waals surface area contributed by atoms with Crippen LogP contribution in [-0.2, 0) is 0 Å². The number of aromatic hydroxyl groups is 2. The van der Waals surface area contributed by atoms with Gasteiger partial charge in [-0.15, -0.1) is 12.6 Å². The minimum absolute atomic E-state index is 0.285. The van der Waals surface area contributed by atoms with Gasteiger partial charge in [0.2, 0.25) is 5.75 Å². The van der Waals surface area contributed by atoms with Crippen molar-refractivity contribution in [2.24, 2.45) is 0 Å². The van der Waals surface area contributed by atoms with E-state index >= 15 is 0 Å². The Bertz CT molecular complexity index is 206. The van der Waals surface area contributed by atoms with Crippen molar-refractivity contribution in [2.75, 3.05) is 0 Å². The summed E-state index contributed by atoms with van der Waals surface area (Å²) in [5.74, 6) is -0.360. The summed E-state index contributed by atoms with van der Waals surface area (Å²) in [7, 11) is 0. The van der Waals surface area contributed by atoms with Gasteiger partial charge in [-0.05, 0) is 6.92 Å². The largest absolute Gasteiger partial charge is 0.501 e. The van der Waals surface area contributed by atoms with Gasteiger partial charge in [-0.1, -0.05) is 0 Å². The molecule has 0 bridgehead atoms. The molecule has 0 aliphatic carbocycles. The highest BCUT2D eigenvalue weighted by Gasteiger charge is 2.11. The fourth-order valence-electron chi connectivity index (χ4n) is 0.510. The van der Waals surface area contributed by atoms with Crippen molar-refractivity contribution in [2.45, 2.75) is 11.8 Å². The normalized spacial score (nSPS) is 10.0. The number of furan rings is 1. The van der Waals surface area contributed by atoms with Gasteiger partial charge in [-0.3, -0.25) is 0 Å². The monoisotopic (exact) mass is 146 g/mol. The molecule has 50 valence electrons. The van der Waals surface area contributed by atoms with Gasteiger partial charge < -0.3 is 14.6 Å². The maximum absolute atomic E-state index is 8.81. The molecule has 1 aromatic heterocycles. The van der Waals surface area contributed by atoms with Crippen LogP contribution in [0.1, 0.15) is 5.76 Å². The molecule has 0 aromatic carbocycles. The van der Waals surface area contributed by atoms with Crippen LogP contribution in [0.5, 0.6) is 11.7 Å². The van der Waals surface area contributed by atoms with Crippen LogP contribution in [0.2, 0.25) is 0 Å². The van der Waals surface area contributed by atoms with Crippen LogP contribution in [0.4, 0.5) is 0 Å². The van der Waals surface area contributed by atoms with E-state index in [9.17, 15) is 0 Å². The van der Waals surface area contributed by atoms with Gasteiger partial charge in [0.15, 0.2) is 0 Å². The molecule has 2 N–H and O–H groups in total. The van der Waals surface area contributed by atoms with Crippen LogP contribution in [-0.4, -0.2) is 10.2 Å². The Kier molecular flexibility index (Phi) is 1.32. The van der Waals surface area contributed by atoms with E-state index in [4.69, 9.17) is 10.2 Å². The van der Waals surface area contributed by atoms with Gasteiger partial charge in [0.05, 0.1) is 4.90 Å². The maximum atomic E-state index is 8.81. The predicted molar refractivity (Wildman–Crippen MR) is 34.0 cm³/mol. The van der Waals surface area contributed by atoms with Gasteiger partial charge in [0.25, 0.3) is 0 Å². The van der Waals surface area contributed by atoms with Crippen molar-refractivity contribution >= 4 is 12.6 Å². The lowest BCUT2D eigenvalue weighted by Crippen LogP contribution is -1.61. The molecule has 3 nitrogen and oxygen atoms in total. The summed E-state index contributed by atoms with van der Waals surface area (Å²) in [6.45, 7) is 1.60. The van der Waals surface area contributed by atoms with E-state index < -0.39 is 5.95 Å². The first kappa shape index (κ1) is 6.35. The second kappa shape index (κ2) is 1.88. The van der Waals surface area contributed by atoms with E-state index in [-0.39, 0.29) is 10.6 Å². The molecule has 4 heteroatoms. The number of hydrogen-bond acceptors (Lipinski definition) is 4. The average molecular weight is 146 g/mol. The highest BCUT2D eigenvalue weighted by atomic mass is 32.1. The molecule has 0 radical (unpaired) electrons. The summed E-state index contributed by atoms with van der Waals surface area (Å²) in [6, 6.07) is 0. The summed E-state index contributed by atoms with van der Waals surface area (Å²) in [5, 5.41) is 17.5. The first-order valence-electron chi connectivity index (χ1n) is 2.33. The molecule has 0 saturated carbocycles. The molecule has 0 atom stereocenters. The lowest BCUT2D eigenvalue weighted by Gasteiger charge is -1.82. The minimum Gasteiger partial charge on any atom is -0.501 e. The van der Waals surface area contributed by atoms with Crippen LogP contribution >= 0.6 is 12.6 Å². The topological polar surface area (TPSA) is 53.6 Å². The van der Waals surface area contributed by atoms with Crippen molar-refractivity contribution in [3.8, 4) is 11.7 Å². The van der Waals surface area contributed by atoms with Crippen LogP contribution in [0.3, 0.4) is 0 Å². The van der Waals surface area contributed by atoms with E-state index in [0.717, 1.165) is 0 Å². The molecule has 0 amide bonds. The SMILES string of the molecule is Cc1oc(O)c(O)c1S. The van der Waals surface area contributed by atoms with E-state index in [0.29, 0.717) is 5.76 Å². The Balaban J connectivity index is 3.29. The fraction of sp³-hybridized carbons (Fsp3) is 0.200. The lowest BCUT2D eigenvalue weighted by molar-refractivity contribution is 0.300. The lowest BCUT2D eigenvalue weighted by atomic mass is 10.5. The minimum atomic E-state index is -0.475. The molecule has 0 aliphatic heterocycles. The van der Waals surface area contributed by atoms with Crippen LogP contribution in [0.25, 0.3) is 0 Å². The Morgan fingerprint density at radius 3 is 2.11 bits per heavy atom. The Morgan fingerprint density at radius 1 is 1.44 bits per heavy atom. The number of thiol groups is 1. The van der Waals surface area contributed by atoms with Crippen molar-refractivity contribution in [1.82, 2.24) is 0 Å². The summed E-state index contributed by atoms with van der Waals surface area (Å²) in [6.07, 6.45) is 0. The molecule has 0 aliphatic rings. The second-order valence-electron chi connectivity index (χ2n) is 1.66. The van der Waals surface area contributed by atoms with Crippen molar-refractivity contribution < 1.29 is 14.6 Å². The maximum Gasteiger partial charge on any atom is 0.327 e. The molecule has 1 aromatic rings. The molecule has 0 spiro atoms. The van der Waals surface area contributed by atoms with Gasteiger partial charge in [-0.25, -0.2) is 0 Å². The first-order chi connectivity index (χ1) is 4.13. The van der Waals surface area contributed by atoms with Gasteiger partial charge in [-0.2, -0.15) is 0 Å². The number of hydrogen-bond donors (Lipinski definition) is 3. The van der Waals surface area contributed by atoms with Gasteiger partial charge >= 0.3 is 5.95 Å². The molecule has 0 fully saturated rings. The summed E-state index contributed by atoms with van der Waals surface area (Å²) >= 11 is 3.83. The molecular weight excluding hydrogens is 140 g/mol. The van der Waals surface area contributed by atoms with Crippen LogP contribution in [0, 0.1) is 6.92 Å². The van der Waals surface area contributed by atoms with Crippen molar-refractivity contribution in [1.29, 1.82) is 0 Å². The summed E-state index contributed by atoms with van der Waals surface area (Å²) in [4.78, 5) is 0.285. The average Bonchev–Trinajstić information content (AvgIpc) is 1.98. The number of rotatable bonds is 0. The standard InChI is InChI=1S/C5H6O3S/c1-2-4(9)3(6)5(7)8-2/h6-7,9H,1H3. The quantitative estimate of drug-likeness (QED) is 0.483. The molecule has 0 saturated heterocycles. The highest BCUT2D eigenvalue weighted by molar-refractivity contribution is 7.80. The second-order valence-corrected chi connectivity index (χ2v) is 2.11. The van der Waals surface area contributed by atoms with Gasteiger partial charge in [0, 0.05) is 0 Å². The van der Waals surface area contributed by atoms with Crippen molar-refractivity contribution in [3.05, 3.63) is 5.76 Å². The zero-order valence-corrected chi connectivity index (χ0v) is 5.64. The number of aryl methyl sites for hydroxylation is 1. The van der Waals surface area contributed by atoms with E-state index in [2.05, 4.69) is 17.0 Å².